The Morgan fingerprint density at radius 1 is 0.853 bits per heavy atom. The van der Waals surface area contributed by atoms with E-state index in [1.807, 2.05) is 18.3 Å². The van der Waals surface area contributed by atoms with Crippen LogP contribution in [-0.2, 0) is 6.18 Å². The number of alkyl halides is 3. The third-order valence-electron chi connectivity index (χ3n) is 6.92. The smallest absolute Gasteiger partial charge is 0.416 e. The molecule has 1 aliphatic heterocycles. The predicted octanol–water partition coefficient (Wildman–Crippen LogP) is 5.93. The minimum atomic E-state index is -4.35. The molecule has 2 aromatic heterocycles. The summed E-state index contributed by atoms with van der Waals surface area (Å²) in [4.78, 5) is 13.6. The number of halogens is 3. The molecule has 0 unspecified atom stereocenters. The van der Waals surface area contributed by atoms with Gasteiger partial charge in [-0.05, 0) is 74.1 Å². The van der Waals surface area contributed by atoms with E-state index < -0.39 is 11.7 Å². The molecular formula is C26H29F3N4O. The van der Waals surface area contributed by atoms with E-state index in [1.54, 1.807) is 12.1 Å². The van der Waals surface area contributed by atoms with Crippen LogP contribution in [0, 0.1) is 5.92 Å². The first kappa shape index (κ1) is 22.7. The fourth-order valence-electron chi connectivity index (χ4n) is 4.80. The van der Waals surface area contributed by atoms with Crippen molar-refractivity contribution in [3.8, 4) is 5.75 Å². The van der Waals surface area contributed by atoms with Gasteiger partial charge in [0.1, 0.15) is 17.4 Å². The summed E-state index contributed by atoms with van der Waals surface area (Å²) < 4.78 is 45.0. The molecule has 2 fully saturated rings. The lowest BCUT2D eigenvalue weighted by molar-refractivity contribution is -0.137. The number of anilines is 2. The Kier molecular flexibility index (Phi) is 6.23. The molecule has 180 valence electrons. The van der Waals surface area contributed by atoms with Gasteiger partial charge < -0.3 is 14.5 Å². The molecule has 1 saturated heterocycles. The van der Waals surface area contributed by atoms with Gasteiger partial charge in [-0.25, -0.2) is 9.97 Å². The van der Waals surface area contributed by atoms with Crippen LogP contribution in [0.1, 0.15) is 38.2 Å². The molecule has 0 radical (unpaired) electrons. The molecule has 5 nitrogen and oxygen atoms in total. The van der Waals surface area contributed by atoms with Gasteiger partial charge in [-0.15, -0.1) is 0 Å². The van der Waals surface area contributed by atoms with Gasteiger partial charge in [0.05, 0.1) is 23.4 Å². The summed E-state index contributed by atoms with van der Waals surface area (Å²) in [6.07, 6.45) is 2.42. The van der Waals surface area contributed by atoms with Crippen molar-refractivity contribution in [3.63, 3.8) is 0 Å². The molecule has 1 saturated carbocycles. The average molecular weight is 471 g/mol. The van der Waals surface area contributed by atoms with E-state index in [0.29, 0.717) is 17.0 Å². The number of ether oxygens (including phenoxy) is 1. The summed E-state index contributed by atoms with van der Waals surface area (Å²) >= 11 is 0. The fourth-order valence-corrected chi connectivity index (χ4v) is 4.80. The van der Waals surface area contributed by atoms with Crippen LogP contribution in [0.3, 0.4) is 0 Å². The highest BCUT2D eigenvalue weighted by Gasteiger charge is 2.30. The van der Waals surface area contributed by atoms with Crippen LogP contribution in [0.4, 0.5) is 24.8 Å². The summed E-state index contributed by atoms with van der Waals surface area (Å²) in [5.74, 6) is 3.34. The second-order valence-corrected chi connectivity index (χ2v) is 9.40. The van der Waals surface area contributed by atoms with Crippen molar-refractivity contribution < 1.29 is 17.9 Å². The molecular weight excluding hydrogens is 441 g/mol. The largest absolute Gasteiger partial charge is 0.489 e. The van der Waals surface area contributed by atoms with Crippen LogP contribution in [0.25, 0.3) is 10.9 Å². The zero-order valence-electron chi connectivity index (χ0n) is 19.3. The number of hydrogen-bond acceptors (Lipinski definition) is 5. The molecule has 0 N–H and O–H groups in total. The number of nitrogens with zero attached hydrogens (tertiary/aromatic N) is 4. The van der Waals surface area contributed by atoms with Gasteiger partial charge in [0.15, 0.2) is 0 Å². The van der Waals surface area contributed by atoms with E-state index in [1.165, 1.54) is 18.9 Å². The molecule has 8 heteroatoms. The maximum Gasteiger partial charge on any atom is 0.416 e. The molecule has 0 spiro atoms. The van der Waals surface area contributed by atoms with Crippen molar-refractivity contribution in [1.29, 1.82) is 0 Å². The van der Waals surface area contributed by atoms with Gasteiger partial charge in [-0.1, -0.05) is 6.92 Å². The molecule has 0 atom stereocenters. The number of fused-ring (bicyclic) bond motifs is 1. The van der Waals surface area contributed by atoms with E-state index in [0.717, 1.165) is 74.5 Å². The molecule has 1 aromatic carbocycles. The zero-order valence-corrected chi connectivity index (χ0v) is 19.3. The Hall–Kier alpha value is -3.03. The van der Waals surface area contributed by atoms with Crippen molar-refractivity contribution >= 4 is 22.5 Å². The molecule has 0 amide bonds. The lowest BCUT2D eigenvalue weighted by atomic mass is 9.89. The maximum absolute atomic E-state index is 13.0. The Balaban J connectivity index is 1.18. The molecule has 0 bridgehead atoms. The second kappa shape index (κ2) is 9.31. The third-order valence-corrected chi connectivity index (χ3v) is 6.92. The van der Waals surface area contributed by atoms with Crippen LogP contribution < -0.4 is 14.5 Å². The lowest BCUT2D eigenvalue weighted by Gasteiger charge is -2.36. The molecule has 3 aromatic rings. The zero-order chi connectivity index (χ0) is 23.7. The quantitative estimate of drug-likeness (QED) is 0.473. The number of benzene rings is 1. The van der Waals surface area contributed by atoms with Crippen molar-refractivity contribution in [1.82, 2.24) is 9.97 Å². The van der Waals surface area contributed by atoms with Crippen LogP contribution in [-0.4, -0.2) is 42.3 Å². The van der Waals surface area contributed by atoms with Gasteiger partial charge >= 0.3 is 6.18 Å². The molecule has 5 rings (SSSR count). The minimum absolute atomic E-state index is 0.293. The number of piperazine rings is 1. The van der Waals surface area contributed by atoms with E-state index in [-0.39, 0.29) is 0 Å². The third kappa shape index (κ3) is 5.05. The van der Waals surface area contributed by atoms with E-state index >= 15 is 0 Å². The first-order valence-electron chi connectivity index (χ1n) is 12.0. The number of hydrogen-bond donors (Lipinski definition) is 0. The predicted molar refractivity (Wildman–Crippen MR) is 127 cm³/mol. The topological polar surface area (TPSA) is 41.5 Å². The first-order valence-corrected chi connectivity index (χ1v) is 12.0. The summed E-state index contributed by atoms with van der Waals surface area (Å²) in [7, 11) is 0. The molecule has 2 aliphatic rings. The fraction of sp³-hybridized carbons (Fsp3) is 0.462. The van der Waals surface area contributed by atoms with Gasteiger partial charge in [-0.3, -0.25) is 0 Å². The Labute approximate surface area is 197 Å². The van der Waals surface area contributed by atoms with E-state index in [4.69, 9.17) is 4.74 Å². The average Bonchev–Trinajstić information content (AvgIpc) is 2.85. The summed E-state index contributed by atoms with van der Waals surface area (Å²) in [5.41, 5.74) is -0.0852. The Morgan fingerprint density at radius 2 is 1.53 bits per heavy atom. The molecule has 1 aliphatic carbocycles. The van der Waals surface area contributed by atoms with Gasteiger partial charge in [0.2, 0.25) is 0 Å². The summed E-state index contributed by atoms with van der Waals surface area (Å²) in [6.45, 7) is 5.41. The summed E-state index contributed by atoms with van der Waals surface area (Å²) in [6, 6.07) is 11.2. The Morgan fingerprint density at radius 3 is 2.18 bits per heavy atom. The Bertz CT molecular complexity index is 1120. The van der Waals surface area contributed by atoms with Crippen LogP contribution in [0.15, 0.2) is 48.7 Å². The van der Waals surface area contributed by atoms with Crippen LogP contribution in [0.5, 0.6) is 5.75 Å². The maximum atomic E-state index is 13.0. The minimum Gasteiger partial charge on any atom is -0.489 e. The van der Waals surface area contributed by atoms with Gasteiger partial charge in [0, 0.05) is 31.6 Å². The standard InChI is InChI=1S/C26H29F3N4O/c1-18-2-6-21(7-3-18)34-22-8-11-24(30-17-22)32-12-14-33(15-13-32)25-10-4-19-16-20(26(27,28)29)5-9-23(19)31-25/h4-5,8-11,16-18,21H,2-3,6-7,12-15H2,1H3/t18-,21-. The SMILES string of the molecule is C[C@H]1CC[C@H](Oc2ccc(N3CCN(c4ccc5cc(C(F)(F)F)ccc5n4)CC3)nc2)CC1. The van der Waals surface area contributed by atoms with E-state index in [2.05, 4.69) is 26.7 Å². The van der Waals surface area contributed by atoms with Crippen molar-refractivity contribution in [2.75, 3.05) is 36.0 Å². The normalized spacial score (nSPS) is 21.6. The van der Waals surface area contributed by atoms with Crippen molar-refractivity contribution in [2.45, 2.75) is 44.9 Å². The van der Waals surface area contributed by atoms with Crippen LogP contribution in [0.2, 0.25) is 0 Å². The highest BCUT2D eigenvalue weighted by Crippen LogP contribution is 2.32. The first-order chi connectivity index (χ1) is 16.3. The lowest BCUT2D eigenvalue weighted by Crippen LogP contribution is -2.47. The monoisotopic (exact) mass is 470 g/mol. The van der Waals surface area contributed by atoms with Gasteiger partial charge in [0.25, 0.3) is 0 Å². The number of pyridine rings is 2. The molecule has 34 heavy (non-hydrogen) atoms. The highest BCUT2D eigenvalue weighted by atomic mass is 19.4. The number of rotatable bonds is 4. The number of aromatic nitrogens is 2. The van der Waals surface area contributed by atoms with E-state index in [9.17, 15) is 13.2 Å². The second-order valence-electron chi connectivity index (χ2n) is 9.40. The van der Waals surface area contributed by atoms with Crippen LogP contribution >= 0.6 is 0 Å². The van der Waals surface area contributed by atoms with Crippen molar-refractivity contribution in [3.05, 3.63) is 54.2 Å². The molecule has 3 heterocycles. The highest BCUT2D eigenvalue weighted by molar-refractivity contribution is 5.81. The summed E-state index contributed by atoms with van der Waals surface area (Å²) in [5, 5.41) is 0.492. The van der Waals surface area contributed by atoms with Crippen molar-refractivity contribution in [2.24, 2.45) is 5.92 Å². The van der Waals surface area contributed by atoms with Gasteiger partial charge in [-0.2, -0.15) is 13.2 Å².